The molecule has 0 heterocycles. The van der Waals surface area contributed by atoms with Crippen LogP contribution in [0, 0.1) is 6.92 Å². The lowest BCUT2D eigenvalue weighted by Gasteiger charge is -2.10. The van der Waals surface area contributed by atoms with Gasteiger partial charge in [0.1, 0.15) is 0 Å². The molecule has 0 spiro atoms. The molecule has 1 aromatic carbocycles. The molecule has 0 saturated carbocycles. The van der Waals surface area contributed by atoms with Crippen molar-refractivity contribution in [3.8, 4) is 0 Å². The van der Waals surface area contributed by atoms with Crippen molar-refractivity contribution >= 4 is 15.7 Å². The fraction of sp³-hybridized carbons (Fsp3) is 0.538. The third-order valence-corrected chi connectivity index (χ3v) is 4.10. The molecule has 0 fully saturated rings. The summed E-state index contributed by atoms with van der Waals surface area (Å²) in [6.07, 6.45) is 2.76. The van der Waals surface area contributed by atoms with E-state index in [9.17, 15) is 8.42 Å². The van der Waals surface area contributed by atoms with Gasteiger partial charge in [0.2, 0.25) is 10.0 Å². The zero-order valence-electron chi connectivity index (χ0n) is 10.8. The van der Waals surface area contributed by atoms with Crippen LogP contribution in [0.5, 0.6) is 0 Å². The first-order chi connectivity index (χ1) is 7.98. The Kier molecular flexibility index (Phi) is 5.00. The predicted octanol–water partition coefficient (Wildman–Crippen LogP) is 3.10. The monoisotopic (exact) mass is 255 g/mol. The van der Waals surface area contributed by atoms with E-state index in [0.29, 0.717) is 12.1 Å². The number of sulfonamides is 1. The third-order valence-electron chi connectivity index (χ3n) is 2.61. The van der Waals surface area contributed by atoms with Crippen LogP contribution in [0.15, 0.2) is 18.2 Å². The van der Waals surface area contributed by atoms with Gasteiger partial charge < -0.3 is 0 Å². The average molecular weight is 255 g/mol. The van der Waals surface area contributed by atoms with E-state index in [-0.39, 0.29) is 5.75 Å². The van der Waals surface area contributed by atoms with Crippen molar-refractivity contribution in [1.29, 1.82) is 0 Å². The van der Waals surface area contributed by atoms with Crippen LogP contribution >= 0.6 is 0 Å². The molecule has 1 rings (SSSR count). The van der Waals surface area contributed by atoms with Gasteiger partial charge in [0.15, 0.2) is 0 Å². The molecule has 4 heteroatoms. The first-order valence-corrected chi connectivity index (χ1v) is 7.73. The summed E-state index contributed by atoms with van der Waals surface area (Å²) in [6.45, 7) is 6.01. The van der Waals surface area contributed by atoms with Crippen LogP contribution in [0.2, 0.25) is 0 Å². The summed E-state index contributed by atoms with van der Waals surface area (Å²) in [5, 5.41) is 0. The zero-order chi connectivity index (χ0) is 12.9. The fourth-order valence-corrected chi connectivity index (χ4v) is 2.93. The highest BCUT2D eigenvalue weighted by Crippen LogP contribution is 2.17. The second kappa shape index (κ2) is 6.05. The van der Waals surface area contributed by atoms with Crippen LogP contribution in [0.1, 0.15) is 37.8 Å². The maximum atomic E-state index is 11.6. The van der Waals surface area contributed by atoms with Gasteiger partial charge in [0.25, 0.3) is 0 Å². The number of nitrogens with one attached hydrogen (secondary N) is 1. The number of rotatable bonds is 6. The zero-order valence-corrected chi connectivity index (χ0v) is 11.6. The van der Waals surface area contributed by atoms with E-state index in [0.717, 1.165) is 18.4 Å². The van der Waals surface area contributed by atoms with Crippen molar-refractivity contribution in [2.24, 2.45) is 0 Å². The van der Waals surface area contributed by atoms with Crippen molar-refractivity contribution in [2.45, 2.75) is 40.0 Å². The molecule has 0 atom stereocenters. The Morgan fingerprint density at radius 3 is 2.41 bits per heavy atom. The molecule has 1 aromatic rings. The van der Waals surface area contributed by atoms with Gasteiger partial charge in [-0.3, -0.25) is 4.72 Å². The lowest BCUT2D eigenvalue weighted by Crippen LogP contribution is -2.16. The summed E-state index contributed by atoms with van der Waals surface area (Å²) in [6, 6.07) is 5.74. The summed E-state index contributed by atoms with van der Waals surface area (Å²) < 4.78 is 25.8. The SMILES string of the molecule is CCCc1ccc(NS(=O)(=O)CCC)cc1C. The van der Waals surface area contributed by atoms with Crippen LogP contribution in [0.4, 0.5) is 5.69 Å². The van der Waals surface area contributed by atoms with Gasteiger partial charge in [0, 0.05) is 5.69 Å². The summed E-state index contributed by atoms with van der Waals surface area (Å²) in [5.41, 5.74) is 3.09. The van der Waals surface area contributed by atoms with Crippen molar-refractivity contribution < 1.29 is 8.42 Å². The van der Waals surface area contributed by atoms with Gasteiger partial charge in [-0.15, -0.1) is 0 Å². The molecule has 96 valence electrons. The Labute approximate surface area is 104 Å². The number of hydrogen-bond donors (Lipinski definition) is 1. The molecular weight excluding hydrogens is 234 g/mol. The van der Waals surface area contributed by atoms with Crippen LogP contribution in [0.3, 0.4) is 0 Å². The van der Waals surface area contributed by atoms with Crippen LogP contribution in [-0.2, 0) is 16.4 Å². The number of benzene rings is 1. The Bertz CT molecular complexity index is 466. The lowest BCUT2D eigenvalue weighted by molar-refractivity contribution is 0.600. The molecule has 0 aliphatic heterocycles. The van der Waals surface area contributed by atoms with E-state index in [4.69, 9.17) is 0 Å². The average Bonchev–Trinajstić information content (AvgIpc) is 2.21. The predicted molar refractivity (Wildman–Crippen MR) is 72.9 cm³/mol. The molecule has 0 radical (unpaired) electrons. The van der Waals surface area contributed by atoms with Crippen molar-refractivity contribution in [3.63, 3.8) is 0 Å². The fourth-order valence-electron chi connectivity index (χ4n) is 1.81. The second-order valence-corrected chi connectivity index (χ2v) is 6.15. The summed E-state index contributed by atoms with van der Waals surface area (Å²) >= 11 is 0. The second-order valence-electron chi connectivity index (χ2n) is 4.31. The Balaban J connectivity index is 2.84. The van der Waals surface area contributed by atoms with E-state index in [1.165, 1.54) is 5.56 Å². The smallest absolute Gasteiger partial charge is 0.232 e. The standard InChI is InChI=1S/C13H21NO2S/c1-4-6-12-7-8-13(10-11(12)3)14-17(15,16)9-5-2/h7-8,10,14H,4-6,9H2,1-3H3. The van der Waals surface area contributed by atoms with Gasteiger partial charge >= 0.3 is 0 Å². The molecule has 0 unspecified atom stereocenters. The minimum atomic E-state index is -3.18. The minimum absolute atomic E-state index is 0.169. The van der Waals surface area contributed by atoms with Gasteiger partial charge in [-0.1, -0.05) is 26.3 Å². The Hall–Kier alpha value is -1.03. The molecule has 0 aliphatic rings. The number of aryl methyl sites for hydroxylation is 2. The first-order valence-electron chi connectivity index (χ1n) is 6.08. The summed E-state index contributed by atoms with van der Waals surface area (Å²) in [4.78, 5) is 0. The topological polar surface area (TPSA) is 46.2 Å². The van der Waals surface area contributed by atoms with Crippen molar-refractivity contribution in [2.75, 3.05) is 10.5 Å². The molecule has 1 N–H and O–H groups in total. The summed E-state index contributed by atoms with van der Waals surface area (Å²) in [5.74, 6) is 0.169. The number of anilines is 1. The van der Waals surface area contributed by atoms with E-state index in [1.807, 2.05) is 32.0 Å². The molecule has 0 amide bonds. The largest absolute Gasteiger partial charge is 0.284 e. The van der Waals surface area contributed by atoms with Crippen LogP contribution < -0.4 is 4.72 Å². The Morgan fingerprint density at radius 1 is 1.18 bits per heavy atom. The lowest BCUT2D eigenvalue weighted by atomic mass is 10.0. The highest BCUT2D eigenvalue weighted by atomic mass is 32.2. The quantitative estimate of drug-likeness (QED) is 0.849. The van der Waals surface area contributed by atoms with Crippen LogP contribution in [-0.4, -0.2) is 14.2 Å². The first kappa shape index (κ1) is 14.0. The van der Waals surface area contributed by atoms with E-state index in [1.54, 1.807) is 0 Å². The van der Waals surface area contributed by atoms with Gasteiger partial charge in [-0.2, -0.15) is 0 Å². The van der Waals surface area contributed by atoms with E-state index >= 15 is 0 Å². The van der Waals surface area contributed by atoms with Crippen molar-refractivity contribution in [3.05, 3.63) is 29.3 Å². The van der Waals surface area contributed by atoms with Crippen LogP contribution in [0.25, 0.3) is 0 Å². The highest BCUT2D eigenvalue weighted by molar-refractivity contribution is 7.92. The minimum Gasteiger partial charge on any atom is -0.284 e. The number of hydrogen-bond acceptors (Lipinski definition) is 2. The normalized spacial score (nSPS) is 11.5. The summed E-state index contributed by atoms with van der Waals surface area (Å²) in [7, 11) is -3.18. The van der Waals surface area contributed by atoms with E-state index in [2.05, 4.69) is 11.6 Å². The molecule has 0 aliphatic carbocycles. The Morgan fingerprint density at radius 2 is 1.88 bits per heavy atom. The van der Waals surface area contributed by atoms with E-state index < -0.39 is 10.0 Å². The molecule has 0 bridgehead atoms. The molecule has 0 aromatic heterocycles. The van der Waals surface area contributed by atoms with Crippen molar-refractivity contribution in [1.82, 2.24) is 0 Å². The van der Waals surface area contributed by atoms with Gasteiger partial charge in [0.05, 0.1) is 5.75 Å². The van der Waals surface area contributed by atoms with Gasteiger partial charge in [-0.05, 0) is 43.0 Å². The third kappa shape index (κ3) is 4.38. The molecule has 3 nitrogen and oxygen atoms in total. The maximum absolute atomic E-state index is 11.6. The van der Waals surface area contributed by atoms with Gasteiger partial charge in [-0.25, -0.2) is 8.42 Å². The maximum Gasteiger partial charge on any atom is 0.232 e. The molecule has 17 heavy (non-hydrogen) atoms. The molecule has 0 saturated heterocycles. The highest BCUT2D eigenvalue weighted by Gasteiger charge is 2.09. The molecular formula is C13H21NO2S.